The summed E-state index contributed by atoms with van der Waals surface area (Å²) < 4.78 is 3.09. The van der Waals surface area contributed by atoms with Gasteiger partial charge >= 0.3 is 0 Å². The van der Waals surface area contributed by atoms with Crippen molar-refractivity contribution in [2.24, 2.45) is 7.05 Å². The van der Waals surface area contributed by atoms with Gasteiger partial charge in [0.15, 0.2) is 11.1 Å². The Balaban J connectivity index is 2.73. The summed E-state index contributed by atoms with van der Waals surface area (Å²) >= 11 is 0. The van der Waals surface area contributed by atoms with E-state index in [4.69, 9.17) is 10.2 Å². The van der Waals surface area contributed by atoms with E-state index in [1.807, 2.05) is 14.0 Å². The van der Waals surface area contributed by atoms with Crippen LogP contribution in [0.15, 0.2) is 12.7 Å². The minimum Gasteiger partial charge on any atom is -0.411 e. The van der Waals surface area contributed by atoms with E-state index in [9.17, 15) is 0 Å². The van der Waals surface area contributed by atoms with E-state index in [1.54, 1.807) is 10.9 Å². The molecule has 0 amide bonds. The average Bonchev–Trinajstić information content (AvgIpc) is 2.54. The summed E-state index contributed by atoms with van der Waals surface area (Å²) in [5.74, 6) is 0. The first-order valence-electron chi connectivity index (χ1n) is 4.30. The monoisotopic (exact) mass is 193 g/mol. The molecule has 6 nitrogen and oxygen atoms in total. The molecule has 0 aliphatic carbocycles. The summed E-state index contributed by atoms with van der Waals surface area (Å²) in [5.41, 5.74) is 1.49. The fourth-order valence-corrected chi connectivity index (χ4v) is 1.29. The van der Waals surface area contributed by atoms with Crippen LogP contribution in [0.2, 0.25) is 0 Å². The van der Waals surface area contributed by atoms with Gasteiger partial charge in [-0.15, -0.1) is 0 Å². The van der Waals surface area contributed by atoms with Gasteiger partial charge in [0.25, 0.3) is 0 Å². The maximum Gasteiger partial charge on any atom is 0.190 e. The highest BCUT2D eigenvalue weighted by atomic mass is 16.7. The fraction of sp³-hybridized carbons (Fsp3) is 0.375. The maximum atomic E-state index is 7.84. The van der Waals surface area contributed by atoms with Gasteiger partial charge in [-0.1, -0.05) is 0 Å². The van der Waals surface area contributed by atoms with Crippen LogP contribution in [0.3, 0.4) is 0 Å². The largest absolute Gasteiger partial charge is 0.411 e. The molecule has 0 saturated carbocycles. The van der Waals surface area contributed by atoms with E-state index in [2.05, 4.69) is 9.97 Å². The van der Waals surface area contributed by atoms with Crippen molar-refractivity contribution in [3.05, 3.63) is 18.1 Å². The Hall–Kier alpha value is -1.85. The lowest BCUT2D eigenvalue weighted by Crippen LogP contribution is -2.28. The van der Waals surface area contributed by atoms with Gasteiger partial charge in [-0.3, -0.25) is 5.41 Å². The Labute approximate surface area is 80.2 Å². The summed E-state index contributed by atoms with van der Waals surface area (Å²) in [6.07, 6.45) is 3.09. The first-order valence-corrected chi connectivity index (χ1v) is 4.30. The van der Waals surface area contributed by atoms with Crippen molar-refractivity contribution < 1.29 is 4.84 Å². The minimum atomic E-state index is 0.261. The highest BCUT2D eigenvalue weighted by Crippen LogP contribution is 2.00. The van der Waals surface area contributed by atoms with Gasteiger partial charge in [0.1, 0.15) is 18.5 Å². The number of fused-ring (bicyclic) bond motifs is 1. The van der Waals surface area contributed by atoms with Gasteiger partial charge in [-0.2, -0.15) is 4.73 Å². The van der Waals surface area contributed by atoms with Crippen LogP contribution in [0.25, 0.3) is 11.2 Å². The van der Waals surface area contributed by atoms with Crippen LogP contribution in [0.4, 0.5) is 0 Å². The highest BCUT2D eigenvalue weighted by molar-refractivity contribution is 5.68. The van der Waals surface area contributed by atoms with Crippen LogP contribution in [-0.2, 0) is 7.05 Å². The molecule has 0 radical (unpaired) electrons. The van der Waals surface area contributed by atoms with E-state index >= 15 is 0 Å². The molecule has 2 heterocycles. The molecule has 0 fully saturated rings. The molecule has 2 aromatic rings. The first kappa shape index (κ1) is 8.74. The van der Waals surface area contributed by atoms with Gasteiger partial charge in [-0.25, -0.2) is 9.97 Å². The second-order valence-corrected chi connectivity index (χ2v) is 2.86. The molecule has 0 unspecified atom stereocenters. The summed E-state index contributed by atoms with van der Waals surface area (Å²) in [4.78, 5) is 13.3. The Bertz CT molecular complexity index is 512. The Morgan fingerprint density at radius 2 is 2.14 bits per heavy atom. The topological polar surface area (TPSA) is 68.7 Å². The Kier molecular flexibility index (Phi) is 1.95. The third-order valence-electron chi connectivity index (χ3n) is 1.92. The number of rotatable bonds is 2. The van der Waals surface area contributed by atoms with Crippen LogP contribution in [0.1, 0.15) is 6.92 Å². The van der Waals surface area contributed by atoms with E-state index < -0.39 is 0 Å². The SMILES string of the molecule is CCOn1cnc2ncn(C)c2c1=N. The first-order chi connectivity index (χ1) is 6.74. The molecule has 74 valence electrons. The minimum absolute atomic E-state index is 0.261. The summed E-state index contributed by atoms with van der Waals surface area (Å²) in [6, 6.07) is 0. The van der Waals surface area contributed by atoms with Gasteiger partial charge < -0.3 is 9.40 Å². The number of nitrogens with one attached hydrogen (secondary N) is 1. The molecular weight excluding hydrogens is 182 g/mol. The van der Waals surface area contributed by atoms with Crippen LogP contribution >= 0.6 is 0 Å². The normalized spacial score (nSPS) is 10.7. The van der Waals surface area contributed by atoms with Crippen LogP contribution in [-0.4, -0.2) is 25.9 Å². The van der Waals surface area contributed by atoms with Crippen LogP contribution in [0.5, 0.6) is 0 Å². The number of nitrogens with zero attached hydrogens (tertiary/aromatic N) is 4. The molecule has 2 rings (SSSR count). The number of hydrogen-bond acceptors (Lipinski definition) is 4. The second-order valence-electron chi connectivity index (χ2n) is 2.86. The summed E-state index contributed by atoms with van der Waals surface area (Å²) in [7, 11) is 1.82. The predicted octanol–water partition coefficient (Wildman–Crippen LogP) is -0.302. The molecule has 0 aromatic carbocycles. The van der Waals surface area contributed by atoms with Gasteiger partial charge in [0.2, 0.25) is 0 Å². The van der Waals surface area contributed by atoms with Gasteiger partial charge in [-0.05, 0) is 6.92 Å². The zero-order chi connectivity index (χ0) is 10.1. The van der Waals surface area contributed by atoms with Crippen LogP contribution < -0.4 is 10.3 Å². The third-order valence-corrected chi connectivity index (χ3v) is 1.92. The van der Waals surface area contributed by atoms with E-state index in [0.29, 0.717) is 17.8 Å². The fourth-order valence-electron chi connectivity index (χ4n) is 1.29. The molecule has 0 saturated heterocycles. The number of aromatic nitrogens is 4. The lowest BCUT2D eigenvalue weighted by atomic mass is 10.5. The maximum absolute atomic E-state index is 7.84. The standard InChI is InChI=1S/C8H11N5O/c1-3-14-13-5-11-8-6(7(13)9)12(2)4-10-8/h4-5,9H,3H2,1-2H3. The van der Waals surface area contributed by atoms with E-state index in [1.165, 1.54) is 11.1 Å². The molecular formula is C8H11N5O. The van der Waals surface area contributed by atoms with Crippen molar-refractivity contribution >= 4 is 11.2 Å². The Morgan fingerprint density at radius 3 is 2.86 bits per heavy atom. The summed E-state index contributed by atoms with van der Waals surface area (Å²) in [6.45, 7) is 2.36. The van der Waals surface area contributed by atoms with E-state index in [0.717, 1.165) is 0 Å². The molecule has 6 heteroatoms. The van der Waals surface area contributed by atoms with Crippen LogP contribution in [0, 0.1) is 5.41 Å². The third kappa shape index (κ3) is 1.15. The second kappa shape index (κ2) is 3.13. The zero-order valence-corrected chi connectivity index (χ0v) is 8.06. The Morgan fingerprint density at radius 1 is 1.43 bits per heavy atom. The van der Waals surface area contributed by atoms with Crippen molar-refractivity contribution in [3.8, 4) is 0 Å². The lowest BCUT2D eigenvalue weighted by molar-refractivity contribution is 0.108. The molecule has 0 aliphatic rings. The zero-order valence-electron chi connectivity index (χ0n) is 8.06. The molecule has 0 bridgehead atoms. The molecule has 0 aliphatic heterocycles. The van der Waals surface area contributed by atoms with Crippen molar-refractivity contribution in [2.45, 2.75) is 6.92 Å². The molecule has 0 spiro atoms. The molecule has 1 N–H and O–H groups in total. The number of aryl methyl sites for hydroxylation is 1. The molecule has 2 aromatic heterocycles. The average molecular weight is 193 g/mol. The van der Waals surface area contributed by atoms with Crippen molar-refractivity contribution in [2.75, 3.05) is 6.61 Å². The lowest BCUT2D eigenvalue weighted by Gasteiger charge is -2.06. The molecule has 14 heavy (non-hydrogen) atoms. The smallest absolute Gasteiger partial charge is 0.190 e. The number of hydrogen-bond donors (Lipinski definition) is 1. The van der Waals surface area contributed by atoms with Gasteiger partial charge in [0.05, 0.1) is 6.33 Å². The summed E-state index contributed by atoms with van der Waals surface area (Å²) in [5, 5.41) is 7.84. The molecule has 0 atom stereocenters. The van der Waals surface area contributed by atoms with Crippen molar-refractivity contribution in [1.29, 1.82) is 5.41 Å². The van der Waals surface area contributed by atoms with Crippen molar-refractivity contribution in [3.63, 3.8) is 0 Å². The highest BCUT2D eigenvalue weighted by Gasteiger charge is 2.05. The quantitative estimate of drug-likeness (QED) is 0.711. The van der Waals surface area contributed by atoms with E-state index in [-0.39, 0.29) is 5.49 Å². The number of imidazole rings is 1. The van der Waals surface area contributed by atoms with Gasteiger partial charge in [0, 0.05) is 7.05 Å². The van der Waals surface area contributed by atoms with Crippen molar-refractivity contribution in [1.82, 2.24) is 19.3 Å². The predicted molar refractivity (Wildman–Crippen MR) is 49.5 cm³/mol.